The number of allylic oxidation sites excluding steroid dienone is 1. The third-order valence-corrected chi connectivity index (χ3v) is 5.33. The lowest BCUT2D eigenvalue weighted by Crippen LogP contribution is -2.43. The van der Waals surface area contributed by atoms with Gasteiger partial charge in [0.25, 0.3) is 11.3 Å². The van der Waals surface area contributed by atoms with Crippen LogP contribution >= 0.6 is 0 Å². The normalized spacial score (nSPS) is 15.2. The molecule has 1 aromatic rings. The second-order valence-electron chi connectivity index (χ2n) is 8.43. The van der Waals surface area contributed by atoms with E-state index < -0.39 is 53.0 Å². The quantitative estimate of drug-likeness (QED) is 0.324. The number of likely N-dealkylation sites (tertiary alicyclic amines) is 1. The van der Waals surface area contributed by atoms with Crippen LogP contribution in [0, 0.1) is 11.8 Å². The third kappa shape index (κ3) is 6.35. The summed E-state index contributed by atoms with van der Waals surface area (Å²) >= 11 is 0. The fraction of sp³-hybridized carbons (Fsp3) is 0.571. The van der Waals surface area contributed by atoms with Gasteiger partial charge in [-0.1, -0.05) is 13.8 Å². The summed E-state index contributed by atoms with van der Waals surface area (Å²) < 4.78 is 43.7. The van der Waals surface area contributed by atoms with Crippen molar-refractivity contribution in [2.75, 3.05) is 25.4 Å². The number of hydrogen-bond donors (Lipinski definition) is 1. The molecule has 0 aliphatic carbocycles. The number of rotatable bonds is 8. The summed E-state index contributed by atoms with van der Waals surface area (Å²) in [6.07, 6.45) is -3.01. The van der Waals surface area contributed by atoms with Crippen LogP contribution in [-0.2, 0) is 27.9 Å². The Morgan fingerprint density at radius 3 is 2.29 bits per heavy atom. The van der Waals surface area contributed by atoms with Crippen LogP contribution in [0.25, 0.3) is 0 Å². The predicted molar refractivity (Wildman–Crippen MR) is 115 cm³/mol. The van der Waals surface area contributed by atoms with Crippen molar-refractivity contribution in [3.63, 3.8) is 0 Å². The molecule has 0 spiro atoms. The summed E-state index contributed by atoms with van der Waals surface area (Å²) in [5, 5.41) is 0. The first-order chi connectivity index (χ1) is 15.7. The number of aromatic nitrogens is 2. The largest absolute Gasteiger partial charge is 0.457 e. The van der Waals surface area contributed by atoms with Crippen molar-refractivity contribution in [2.45, 2.75) is 39.4 Å². The molecule has 13 heteroatoms. The van der Waals surface area contributed by atoms with Gasteiger partial charge in [-0.15, -0.1) is 0 Å². The maximum atomic E-state index is 12.6. The van der Waals surface area contributed by atoms with Crippen LogP contribution in [0.1, 0.15) is 37.0 Å². The van der Waals surface area contributed by atoms with Gasteiger partial charge in [-0.2, -0.15) is 13.2 Å². The smallest absolute Gasteiger partial charge is 0.454 e. The average Bonchev–Trinajstić information content (AvgIpc) is 2.77. The molecule has 10 nitrogen and oxygen atoms in total. The Kier molecular flexibility index (Phi) is 8.46. The topological polar surface area (TPSA) is 134 Å². The molecule has 1 aliphatic rings. The summed E-state index contributed by atoms with van der Waals surface area (Å²) in [6, 6.07) is 0. The minimum absolute atomic E-state index is 0.00516. The lowest BCUT2D eigenvalue weighted by Gasteiger charge is -2.29. The summed E-state index contributed by atoms with van der Waals surface area (Å²) in [5.41, 5.74) is 3.93. The van der Waals surface area contributed by atoms with E-state index in [0.29, 0.717) is 6.08 Å². The highest BCUT2D eigenvalue weighted by molar-refractivity contribution is 6.01. The van der Waals surface area contributed by atoms with Crippen molar-refractivity contribution < 1.29 is 32.3 Å². The SMILES string of the molecule is CC(C)Cn1c(N)c(C(=O)COC(=O)C2CCN(C=CC(=O)C(F)(F)F)CC2)c(=O)n(C)c1=O. The molecule has 1 aliphatic heterocycles. The van der Waals surface area contributed by atoms with Gasteiger partial charge in [-0.3, -0.25) is 28.3 Å². The van der Waals surface area contributed by atoms with Gasteiger partial charge in [0.1, 0.15) is 11.4 Å². The maximum absolute atomic E-state index is 12.6. The summed E-state index contributed by atoms with van der Waals surface area (Å²) in [7, 11) is 1.22. The molecular weight excluding hydrogens is 461 g/mol. The van der Waals surface area contributed by atoms with Gasteiger partial charge in [0.2, 0.25) is 5.78 Å². The number of carbonyl (C=O) groups is 3. The van der Waals surface area contributed by atoms with Crippen molar-refractivity contribution in [2.24, 2.45) is 18.9 Å². The van der Waals surface area contributed by atoms with Crippen LogP contribution < -0.4 is 17.0 Å². The summed E-state index contributed by atoms with van der Waals surface area (Å²) in [5.74, 6) is -4.42. The van der Waals surface area contributed by atoms with Gasteiger partial charge in [-0.05, 0) is 18.8 Å². The van der Waals surface area contributed by atoms with E-state index in [1.165, 1.54) is 11.9 Å². The zero-order valence-corrected chi connectivity index (χ0v) is 19.1. The number of piperidine rings is 1. The molecule has 2 N–H and O–H groups in total. The van der Waals surface area contributed by atoms with Gasteiger partial charge < -0.3 is 15.4 Å². The Morgan fingerprint density at radius 1 is 1.18 bits per heavy atom. The highest BCUT2D eigenvalue weighted by Crippen LogP contribution is 2.21. The lowest BCUT2D eigenvalue weighted by atomic mass is 9.97. The minimum atomic E-state index is -4.95. The van der Waals surface area contributed by atoms with E-state index in [4.69, 9.17) is 10.5 Å². The molecule has 2 heterocycles. The Balaban J connectivity index is 2.00. The van der Waals surface area contributed by atoms with Crippen LogP contribution in [0.4, 0.5) is 19.0 Å². The second-order valence-corrected chi connectivity index (χ2v) is 8.43. The van der Waals surface area contributed by atoms with E-state index in [1.54, 1.807) is 0 Å². The van der Waals surface area contributed by atoms with Crippen molar-refractivity contribution in [1.82, 2.24) is 14.0 Å². The number of carbonyl (C=O) groups excluding carboxylic acids is 3. The number of esters is 1. The van der Waals surface area contributed by atoms with Crippen LogP contribution in [0.5, 0.6) is 0 Å². The summed E-state index contributed by atoms with van der Waals surface area (Å²) in [4.78, 5) is 62.1. The number of nitrogen functional groups attached to an aromatic ring is 1. The maximum Gasteiger partial charge on any atom is 0.454 e. The van der Waals surface area contributed by atoms with Gasteiger partial charge in [0, 0.05) is 39.0 Å². The van der Waals surface area contributed by atoms with E-state index in [2.05, 4.69) is 0 Å². The number of nitrogens with zero attached hydrogens (tertiary/aromatic N) is 3. The Labute approximate surface area is 192 Å². The molecule has 0 amide bonds. The molecule has 0 aromatic carbocycles. The Hall–Kier alpha value is -3.38. The number of anilines is 1. The number of ketones is 2. The van der Waals surface area contributed by atoms with E-state index in [1.807, 2.05) is 13.8 Å². The molecule has 0 unspecified atom stereocenters. The van der Waals surface area contributed by atoms with Crippen molar-refractivity contribution >= 4 is 23.4 Å². The number of Topliss-reactive ketones (excluding diaryl/α,β-unsaturated/α-hetero) is 1. The molecule has 0 saturated carbocycles. The molecule has 0 atom stereocenters. The molecule has 2 rings (SSSR count). The van der Waals surface area contributed by atoms with E-state index >= 15 is 0 Å². The number of alkyl halides is 3. The molecule has 0 radical (unpaired) electrons. The number of hydrogen-bond acceptors (Lipinski definition) is 8. The minimum Gasteiger partial charge on any atom is -0.457 e. The van der Waals surface area contributed by atoms with E-state index in [0.717, 1.165) is 15.3 Å². The first kappa shape index (κ1) is 26.9. The molecule has 1 aromatic heterocycles. The second kappa shape index (κ2) is 10.7. The Morgan fingerprint density at radius 2 is 1.76 bits per heavy atom. The molecule has 0 bridgehead atoms. The van der Waals surface area contributed by atoms with Gasteiger partial charge in [-0.25, -0.2) is 4.79 Å². The van der Waals surface area contributed by atoms with E-state index in [-0.39, 0.29) is 44.2 Å². The standard InChI is InChI=1S/C21H27F3N4O6/c1-12(2)10-28-17(25)16(18(31)26(3)20(28)33)14(29)11-34-19(32)13-4-7-27(8-5-13)9-6-15(30)21(22,23)24/h6,9,12-13H,4-5,7-8,10-11,25H2,1-3H3. The fourth-order valence-corrected chi connectivity index (χ4v) is 3.47. The Bertz CT molecular complexity index is 1100. The van der Waals surface area contributed by atoms with Crippen LogP contribution in [0.2, 0.25) is 0 Å². The van der Waals surface area contributed by atoms with Crippen LogP contribution in [0.15, 0.2) is 21.9 Å². The number of halogens is 3. The van der Waals surface area contributed by atoms with Crippen molar-refractivity contribution in [3.8, 4) is 0 Å². The first-order valence-corrected chi connectivity index (χ1v) is 10.6. The molecule has 34 heavy (non-hydrogen) atoms. The van der Waals surface area contributed by atoms with Gasteiger partial charge >= 0.3 is 17.8 Å². The van der Waals surface area contributed by atoms with Crippen molar-refractivity contribution in [1.29, 1.82) is 0 Å². The highest BCUT2D eigenvalue weighted by atomic mass is 19.4. The number of nitrogens with two attached hydrogens (primary N) is 1. The molecule has 188 valence electrons. The summed E-state index contributed by atoms with van der Waals surface area (Å²) in [6.45, 7) is 3.51. The molecule has 1 fully saturated rings. The third-order valence-electron chi connectivity index (χ3n) is 5.33. The zero-order valence-electron chi connectivity index (χ0n) is 19.1. The monoisotopic (exact) mass is 488 g/mol. The first-order valence-electron chi connectivity index (χ1n) is 10.6. The molecule has 1 saturated heterocycles. The highest BCUT2D eigenvalue weighted by Gasteiger charge is 2.36. The average molecular weight is 488 g/mol. The van der Waals surface area contributed by atoms with E-state index in [9.17, 15) is 37.1 Å². The van der Waals surface area contributed by atoms with Gasteiger partial charge in [0.15, 0.2) is 6.61 Å². The number of ether oxygens (including phenoxy) is 1. The molecular formula is C21H27F3N4O6. The van der Waals surface area contributed by atoms with Crippen LogP contribution in [0.3, 0.4) is 0 Å². The zero-order chi connectivity index (χ0) is 25.8. The predicted octanol–water partition coefficient (Wildman–Crippen LogP) is 0.868. The lowest BCUT2D eigenvalue weighted by molar-refractivity contribution is -0.165. The van der Waals surface area contributed by atoms with Gasteiger partial charge in [0.05, 0.1) is 5.92 Å². The fourth-order valence-electron chi connectivity index (χ4n) is 3.47. The van der Waals surface area contributed by atoms with Crippen LogP contribution in [-0.4, -0.2) is 57.4 Å². The van der Waals surface area contributed by atoms with Crippen molar-refractivity contribution in [3.05, 3.63) is 38.7 Å².